The Bertz CT molecular complexity index is 272. The fourth-order valence-corrected chi connectivity index (χ4v) is 0.830. The molecule has 4 N–H and O–H groups in total. The molecule has 0 saturated carbocycles. The van der Waals surface area contributed by atoms with Gasteiger partial charge in [-0.1, -0.05) is 0 Å². The maximum atomic E-state index is 11.2. The van der Waals surface area contributed by atoms with Crippen LogP contribution in [0.3, 0.4) is 0 Å². The van der Waals surface area contributed by atoms with Crippen molar-refractivity contribution in [3.8, 4) is 0 Å². The molecule has 5 nitrogen and oxygen atoms in total. The van der Waals surface area contributed by atoms with E-state index in [9.17, 15) is 4.79 Å². The predicted octanol–water partition coefficient (Wildman–Crippen LogP) is -0.0395. The third-order valence-corrected chi connectivity index (χ3v) is 1.46. The summed E-state index contributed by atoms with van der Waals surface area (Å²) in [5, 5.41) is 2.55. The second-order valence-corrected chi connectivity index (χ2v) is 2.49. The number of rotatable bonds is 3. The molecule has 1 aromatic rings. The van der Waals surface area contributed by atoms with Gasteiger partial charge in [-0.3, -0.25) is 4.79 Å². The van der Waals surface area contributed by atoms with Crippen molar-refractivity contribution in [1.82, 2.24) is 15.3 Å². The lowest BCUT2D eigenvalue weighted by Gasteiger charge is -1.99. The summed E-state index contributed by atoms with van der Waals surface area (Å²) in [6.45, 7) is 0.416. The van der Waals surface area contributed by atoms with E-state index in [1.807, 2.05) is 0 Å². The molecule has 1 rings (SSSR count). The van der Waals surface area contributed by atoms with Crippen LogP contribution in [0, 0.1) is 0 Å². The normalized spacial score (nSPS) is 9.75. The number of carbonyl (C=O) groups is 1. The molecule has 0 atom stereocenters. The van der Waals surface area contributed by atoms with Gasteiger partial charge in [-0.05, 0) is 0 Å². The zero-order chi connectivity index (χ0) is 8.97. The van der Waals surface area contributed by atoms with Crippen LogP contribution in [0.4, 0.5) is 5.82 Å². The number of nitrogens with one attached hydrogen (secondary N) is 2. The molecule has 0 bridgehead atoms. The number of hydrogen-bond acceptors (Lipinski definition) is 3. The van der Waals surface area contributed by atoms with Crippen molar-refractivity contribution in [3.05, 3.63) is 12.0 Å². The molecule has 0 spiro atoms. The number of nitrogens with zero attached hydrogens (tertiary/aromatic N) is 1. The standard InChI is InChI=1S/C6H9ClN4O/c7-1-2-9-6(12)4-5(8)11-3-10-4/h3H,1-2,8H2,(H,9,12)(H,10,11). The number of alkyl halides is 1. The first-order valence-electron chi connectivity index (χ1n) is 3.38. The Balaban J connectivity index is 2.59. The van der Waals surface area contributed by atoms with Gasteiger partial charge in [-0.15, -0.1) is 11.6 Å². The van der Waals surface area contributed by atoms with Gasteiger partial charge in [0.25, 0.3) is 5.91 Å². The highest BCUT2D eigenvalue weighted by Gasteiger charge is 2.09. The zero-order valence-corrected chi connectivity index (χ0v) is 7.06. The number of carbonyl (C=O) groups excluding carboxylic acids is 1. The topological polar surface area (TPSA) is 83.8 Å². The average molecular weight is 189 g/mol. The van der Waals surface area contributed by atoms with Gasteiger partial charge in [-0.2, -0.15) is 0 Å². The minimum absolute atomic E-state index is 0.196. The Hall–Kier alpha value is -1.23. The van der Waals surface area contributed by atoms with Crippen LogP contribution in [0.25, 0.3) is 0 Å². The summed E-state index contributed by atoms with van der Waals surface area (Å²) in [6, 6.07) is 0. The lowest BCUT2D eigenvalue weighted by Crippen LogP contribution is -2.26. The van der Waals surface area contributed by atoms with Crippen LogP contribution in [-0.4, -0.2) is 28.3 Å². The van der Waals surface area contributed by atoms with Gasteiger partial charge in [0.2, 0.25) is 0 Å². The fraction of sp³-hybridized carbons (Fsp3) is 0.333. The first-order valence-corrected chi connectivity index (χ1v) is 3.92. The molecule has 1 amide bonds. The summed E-state index contributed by atoms with van der Waals surface area (Å²) >= 11 is 5.37. The van der Waals surface area contributed by atoms with Crippen molar-refractivity contribution in [2.75, 3.05) is 18.2 Å². The van der Waals surface area contributed by atoms with Crippen LogP contribution in [0.5, 0.6) is 0 Å². The molecule has 0 aromatic carbocycles. The van der Waals surface area contributed by atoms with Crippen molar-refractivity contribution in [2.24, 2.45) is 0 Å². The molecule has 1 heterocycles. The van der Waals surface area contributed by atoms with Gasteiger partial charge in [0.1, 0.15) is 5.69 Å². The second-order valence-electron chi connectivity index (χ2n) is 2.11. The van der Waals surface area contributed by atoms with E-state index in [4.69, 9.17) is 17.3 Å². The van der Waals surface area contributed by atoms with Gasteiger partial charge in [-0.25, -0.2) is 4.98 Å². The third-order valence-electron chi connectivity index (χ3n) is 1.28. The molecule has 0 fully saturated rings. The quantitative estimate of drug-likeness (QED) is 0.582. The van der Waals surface area contributed by atoms with E-state index in [1.165, 1.54) is 6.33 Å². The minimum Gasteiger partial charge on any atom is -0.382 e. The van der Waals surface area contributed by atoms with Gasteiger partial charge in [0.15, 0.2) is 5.82 Å². The molecular weight excluding hydrogens is 180 g/mol. The molecular formula is C6H9ClN4O. The van der Waals surface area contributed by atoms with E-state index in [0.717, 1.165) is 0 Å². The molecule has 1 aromatic heterocycles. The summed E-state index contributed by atoms with van der Waals surface area (Å²) in [4.78, 5) is 17.5. The van der Waals surface area contributed by atoms with Crippen molar-refractivity contribution in [3.63, 3.8) is 0 Å². The first-order chi connectivity index (χ1) is 5.75. The summed E-state index contributed by atoms with van der Waals surface area (Å²) < 4.78 is 0. The maximum absolute atomic E-state index is 11.2. The molecule has 0 unspecified atom stereocenters. The monoisotopic (exact) mass is 188 g/mol. The van der Waals surface area contributed by atoms with E-state index in [1.54, 1.807) is 0 Å². The second kappa shape index (κ2) is 3.96. The number of aromatic amines is 1. The van der Waals surface area contributed by atoms with Crippen LogP contribution < -0.4 is 11.1 Å². The zero-order valence-electron chi connectivity index (χ0n) is 6.30. The van der Waals surface area contributed by atoms with E-state index < -0.39 is 0 Å². The van der Waals surface area contributed by atoms with Crippen molar-refractivity contribution >= 4 is 23.3 Å². The number of H-pyrrole nitrogens is 1. The lowest BCUT2D eigenvalue weighted by molar-refractivity contribution is 0.0952. The number of aromatic nitrogens is 2. The Morgan fingerprint density at radius 2 is 2.58 bits per heavy atom. The lowest BCUT2D eigenvalue weighted by atomic mass is 10.4. The highest BCUT2D eigenvalue weighted by Crippen LogP contribution is 2.02. The summed E-state index contributed by atoms with van der Waals surface area (Å²) in [6.07, 6.45) is 1.37. The van der Waals surface area contributed by atoms with Crippen molar-refractivity contribution < 1.29 is 4.79 Å². The largest absolute Gasteiger partial charge is 0.382 e. The minimum atomic E-state index is -0.286. The number of halogens is 1. The van der Waals surface area contributed by atoms with E-state index in [2.05, 4.69) is 15.3 Å². The Labute approximate surface area is 74.3 Å². The van der Waals surface area contributed by atoms with Crippen LogP contribution in [0.1, 0.15) is 10.5 Å². The number of imidazole rings is 1. The van der Waals surface area contributed by atoms with Crippen LogP contribution >= 0.6 is 11.6 Å². The fourth-order valence-electron chi connectivity index (χ4n) is 0.736. The summed E-state index contributed by atoms with van der Waals surface area (Å²) in [5.74, 6) is 0.285. The number of amides is 1. The Morgan fingerprint density at radius 1 is 1.83 bits per heavy atom. The Kier molecular flexibility index (Phi) is 2.93. The predicted molar refractivity (Wildman–Crippen MR) is 46.1 cm³/mol. The highest BCUT2D eigenvalue weighted by molar-refractivity contribution is 6.18. The number of anilines is 1. The van der Waals surface area contributed by atoms with Crippen molar-refractivity contribution in [2.45, 2.75) is 0 Å². The number of nitrogen functional groups attached to an aromatic ring is 1. The highest BCUT2D eigenvalue weighted by atomic mass is 35.5. The van der Waals surface area contributed by atoms with Crippen LogP contribution in [0.15, 0.2) is 6.33 Å². The molecule has 0 aliphatic heterocycles. The van der Waals surface area contributed by atoms with Crippen molar-refractivity contribution in [1.29, 1.82) is 0 Å². The molecule has 66 valence electrons. The van der Waals surface area contributed by atoms with E-state index in [0.29, 0.717) is 12.4 Å². The molecule has 0 aliphatic carbocycles. The number of hydrogen-bond donors (Lipinski definition) is 3. The van der Waals surface area contributed by atoms with E-state index >= 15 is 0 Å². The summed E-state index contributed by atoms with van der Waals surface area (Å²) in [7, 11) is 0. The van der Waals surface area contributed by atoms with Gasteiger partial charge >= 0.3 is 0 Å². The number of nitrogens with two attached hydrogens (primary N) is 1. The first kappa shape index (κ1) is 8.86. The molecule has 12 heavy (non-hydrogen) atoms. The van der Waals surface area contributed by atoms with Gasteiger partial charge in [0, 0.05) is 12.4 Å². The smallest absolute Gasteiger partial charge is 0.271 e. The third kappa shape index (κ3) is 1.88. The average Bonchev–Trinajstić information content (AvgIpc) is 2.47. The van der Waals surface area contributed by atoms with Crippen LogP contribution in [-0.2, 0) is 0 Å². The van der Waals surface area contributed by atoms with Crippen LogP contribution in [0.2, 0.25) is 0 Å². The maximum Gasteiger partial charge on any atom is 0.271 e. The molecule has 0 radical (unpaired) electrons. The SMILES string of the molecule is Nc1nc[nH]c1C(=O)NCCCl. The molecule has 0 saturated heterocycles. The Morgan fingerprint density at radius 3 is 3.08 bits per heavy atom. The molecule has 6 heteroatoms. The molecule has 0 aliphatic rings. The van der Waals surface area contributed by atoms with E-state index in [-0.39, 0.29) is 17.4 Å². The summed E-state index contributed by atoms with van der Waals surface area (Å²) in [5.41, 5.74) is 5.65. The van der Waals surface area contributed by atoms with Gasteiger partial charge < -0.3 is 16.0 Å². The van der Waals surface area contributed by atoms with Gasteiger partial charge in [0.05, 0.1) is 6.33 Å².